The summed E-state index contributed by atoms with van der Waals surface area (Å²) in [5, 5.41) is 10.1. The Morgan fingerprint density at radius 2 is 1.58 bits per heavy atom. The number of rotatable bonds is 4. The predicted octanol–water partition coefficient (Wildman–Crippen LogP) is 4.71. The molecule has 8 heteroatoms. The average molecular weight is 479 g/mol. The van der Waals surface area contributed by atoms with Gasteiger partial charge in [0.1, 0.15) is 6.61 Å². The molecule has 0 bridgehead atoms. The van der Waals surface area contributed by atoms with E-state index in [1.807, 2.05) is 59.0 Å². The van der Waals surface area contributed by atoms with Crippen molar-refractivity contribution in [1.82, 2.24) is 24.5 Å². The molecule has 0 saturated carbocycles. The van der Waals surface area contributed by atoms with E-state index < -0.39 is 0 Å². The van der Waals surface area contributed by atoms with Crippen molar-refractivity contribution in [2.24, 2.45) is 0 Å². The molecule has 3 heterocycles. The van der Waals surface area contributed by atoms with Crippen molar-refractivity contribution in [3.63, 3.8) is 0 Å². The van der Waals surface area contributed by atoms with Crippen molar-refractivity contribution in [2.45, 2.75) is 13.5 Å². The number of piperazine rings is 1. The van der Waals surface area contributed by atoms with Gasteiger partial charge in [0.15, 0.2) is 11.5 Å². The zero-order valence-electron chi connectivity index (χ0n) is 20.0. The van der Waals surface area contributed by atoms with Crippen LogP contribution in [-0.4, -0.2) is 56.8 Å². The number of hydrogen-bond acceptors (Lipinski definition) is 6. The molecule has 180 valence electrons. The number of benzene rings is 3. The van der Waals surface area contributed by atoms with E-state index in [0.29, 0.717) is 26.2 Å². The number of ether oxygens (including phenoxy) is 1. The number of hydrogen-bond donors (Lipinski definition) is 0. The van der Waals surface area contributed by atoms with Gasteiger partial charge in [0, 0.05) is 37.1 Å². The molecule has 1 aliphatic heterocycles. The average Bonchev–Trinajstić information content (AvgIpc) is 3.38. The number of anilines is 1. The van der Waals surface area contributed by atoms with E-state index in [9.17, 15) is 4.79 Å². The highest BCUT2D eigenvalue weighted by Gasteiger charge is 2.26. The van der Waals surface area contributed by atoms with Crippen LogP contribution in [-0.2, 0) is 11.3 Å². The Balaban J connectivity index is 1.28. The minimum atomic E-state index is -0.292. The van der Waals surface area contributed by atoms with Gasteiger partial charge >= 0.3 is 6.09 Å². The molecule has 0 unspecified atom stereocenters. The van der Waals surface area contributed by atoms with Crippen LogP contribution in [0.3, 0.4) is 0 Å². The van der Waals surface area contributed by atoms with Gasteiger partial charge in [0.25, 0.3) is 0 Å². The Morgan fingerprint density at radius 1 is 0.861 bits per heavy atom. The highest BCUT2D eigenvalue weighted by atomic mass is 16.6. The molecule has 3 aromatic carbocycles. The van der Waals surface area contributed by atoms with E-state index in [1.165, 1.54) is 5.56 Å². The van der Waals surface area contributed by atoms with Crippen molar-refractivity contribution in [1.29, 1.82) is 0 Å². The number of aromatic nitrogens is 4. The summed E-state index contributed by atoms with van der Waals surface area (Å²) >= 11 is 0. The van der Waals surface area contributed by atoms with Crippen LogP contribution in [0.1, 0.15) is 11.1 Å². The number of amides is 1. The molecular formula is C28H26N6O2. The van der Waals surface area contributed by atoms with Crippen LogP contribution >= 0.6 is 0 Å². The Kier molecular flexibility index (Phi) is 5.69. The first kappa shape index (κ1) is 22.0. The van der Waals surface area contributed by atoms with Crippen LogP contribution in [0.15, 0.2) is 78.9 Å². The second-order valence-electron chi connectivity index (χ2n) is 8.99. The maximum Gasteiger partial charge on any atom is 0.410 e. The summed E-state index contributed by atoms with van der Waals surface area (Å²) in [4.78, 5) is 21.6. The largest absolute Gasteiger partial charge is 0.445 e. The Bertz CT molecular complexity index is 1520. The summed E-state index contributed by atoms with van der Waals surface area (Å²) < 4.78 is 7.58. The smallest absolute Gasteiger partial charge is 0.410 e. The second kappa shape index (κ2) is 9.30. The van der Waals surface area contributed by atoms with Crippen LogP contribution in [0.4, 0.5) is 10.7 Å². The van der Waals surface area contributed by atoms with Crippen LogP contribution in [0.5, 0.6) is 0 Å². The summed E-state index contributed by atoms with van der Waals surface area (Å²) in [6, 6.07) is 26.0. The van der Waals surface area contributed by atoms with Gasteiger partial charge in [-0.1, -0.05) is 72.3 Å². The molecule has 0 aliphatic carbocycles. The monoisotopic (exact) mass is 478 g/mol. The van der Waals surface area contributed by atoms with Gasteiger partial charge < -0.3 is 14.5 Å². The van der Waals surface area contributed by atoms with Crippen molar-refractivity contribution in [3.8, 4) is 11.4 Å². The first-order chi connectivity index (χ1) is 17.7. The van der Waals surface area contributed by atoms with E-state index in [4.69, 9.17) is 9.72 Å². The first-order valence-corrected chi connectivity index (χ1v) is 12.1. The zero-order chi connectivity index (χ0) is 24.5. The third-order valence-electron chi connectivity index (χ3n) is 6.56. The second-order valence-corrected chi connectivity index (χ2v) is 8.99. The lowest BCUT2D eigenvalue weighted by atomic mass is 10.1. The highest BCUT2D eigenvalue weighted by Crippen LogP contribution is 2.29. The van der Waals surface area contributed by atoms with Gasteiger partial charge in [-0.15, -0.1) is 10.2 Å². The topological polar surface area (TPSA) is 75.9 Å². The lowest BCUT2D eigenvalue weighted by Gasteiger charge is -2.35. The van der Waals surface area contributed by atoms with Crippen molar-refractivity contribution in [3.05, 3.63) is 90.0 Å². The third-order valence-corrected chi connectivity index (χ3v) is 6.56. The quantitative estimate of drug-likeness (QED) is 0.372. The van der Waals surface area contributed by atoms with Crippen molar-refractivity contribution >= 4 is 28.6 Å². The van der Waals surface area contributed by atoms with Crippen molar-refractivity contribution in [2.75, 3.05) is 31.1 Å². The van der Waals surface area contributed by atoms with E-state index in [2.05, 4.69) is 46.3 Å². The first-order valence-electron chi connectivity index (χ1n) is 12.1. The molecule has 8 nitrogen and oxygen atoms in total. The molecule has 0 atom stereocenters. The van der Waals surface area contributed by atoms with Gasteiger partial charge in [-0.2, -0.15) is 0 Å². The molecular weight excluding hydrogens is 452 g/mol. The standard InChI is InChI=1S/C28H26N6O2/c1-20-11-13-22(14-12-20)25-30-31-26-23-9-5-6-10-24(23)29-27(34(25)26)32-15-17-33(18-16-32)28(35)36-19-21-7-3-2-4-8-21/h2-14H,15-19H2,1H3. The van der Waals surface area contributed by atoms with Crippen LogP contribution in [0, 0.1) is 6.92 Å². The molecule has 1 saturated heterocycles. The molecule has 1 aliphatic rings. The molecule has 5 aromatic rings. The number of aryl methyl sites for hydroxylation is 1. The fraction of sp³-hybridized carbons (Fsp3) is 0.214. The van der Waals surface area contributed by atoms with Crippen LogP contribution in [0.2, 0.25) is 0 Å². The third kappa shape index (κ3) is 4.11. The van der Waals surface area contributed by atoms with Gasteiger partial charge in [0.2, 0.25) is 5.95 Å². The Labute approximate surface area is 208 Å². The van der Waals surface area contributed by atoms with Gasteiger partial charge in [-0.3, -0.25) is 0 Å². The number of carbonyl (C=O) groups excluding carboxylic acids is 1. The summed E-state index contributed by atoms with van der Waals surface area (Å²) in [7, 11) is 0. The lowest BCUT2D eigenvalue weighted by molar-refractivity contribution is 0.0940. The van der Waals surface area contributed by atoms with Gasteiger partial charge in [-0.25, -0.2) is 14.2 Å². The van der Waals surface area contributed by atoms with Gasteiger partial charge in [0.05, 0.1) is 5.52 Å². The molecule has 0 spiro atoms. The predicted molar refractivity (Wildman–Crippen MR) is 139 cm³/mol. The molecule has 6 rings (SSSR count). The summed E-state index contributed by atoms with van der Waals surface area (Å²) in [5.74, 6) is 1.53. The summed E-state index contributed by atoms with van der Waals surface area (Å²) in [5.41, 5.74) is 4.79. The van der Waals surface area contributed by atoms with Crippen LogP contribution < -0.4 is 4.90 Å². The Morgan fingerprint density at radius 3 is 2.36 bits per heavy atom. The van der Waals surface area contributed by atoms with E-state index in [0.717, 1.165) is 39.4 Å². The molecule has 0 N–H and O–H groups in total. The van der Waals surface area contributed by atoms with Crippen molar-refractivity contribution < 1.29 is 9.53 Å². The van der Waals surface area contributed by atoms with Crippen LogP contribution in [0.25, 0.3) is 27.9 Å². The molecule has 2 aromatic heterocycles. The van der Waals surface area contributed by atoms with E-state index in [1.54, 1.807) is 4.90 Å². The van der Waals surface area contributed by atoms with Gasteiger partial charge in [-0.05, 0) is 24.6 Å². The van der Waals surface area contributed by atoms with E-state index in [-0.39, 0.29) is 12.7 Å². The number of para-hydroxylation sites is 1. The molecule has 1 amide bonds. The lowest BCUT2D eigenvalue weighted by Crippen LogP contribution is -2.49. The fourth-order valence-electron chi connectivity index (χ4n) is 4.57. The minimum Gasteiger partial charge on any atom is -0.445 e. The SMILES string of the molecule is Cc1ccc(-c2nnc3c4ccccc4nc(N4CCN(C(=O)OCc5ccccc5)CC4)n23)cc1. The Hall–Kier alpha value is -4.46. The normalized spacial score (nSPS) is 13.9. The fourth-order valence-corrected chi connectivity index (χ4v) is 4.57. The number of carbonyl (C=O) groups is 1. The highest BCUT2D eigenvalue weighted by molar-refractivity contribution is 5.93. The number of nitrogens with zero attached hydrogens (tertiary/aromatic N) is 6. The molecule has 1 fully saturated rings. The maximum atomic E-state index is 12.7. The minimum absolute atomic E-state index is 0.271. The molecule has 0 radical (unpaired) electrons. The summed E-state index contributed by atoms with van der Waals surface area (Å²) in [6.07, 6.45) is -0.292. The number of fused-ring (bicyclic) bond motifs is 3. The summed E-state index contributed by atoms with van der Waals surface area (Å²) in [6.45, 7) is 4.69. The maximum absolute atomic E-state index is 12.7. The van der Waals surface area contributed by atoms with E-state index >= 15 is 0 Å². The zero-order valence-corrected chi connectivity index (χ0v) is 20.0. The molecule has 36 heavy (non-hydrogen) atoms.